The molecule has 27 heavy (non-hydrogen) atoms. The van der Waals surface area contributed by atoms with Crippen molar-refractivity contribution in [3.05, 3.63) is 0 Å². The summed E-state index contributed by atoms with van der Waals surface area (Å²) in [5, 5.41) is 8.75. The summed E-state index contributed by atoms with van der Waals surface area (Å²) in [7, 11) is -1.59. The van der Waals surface area contributed by atoms with Crippen molar-refractivity contribution in [1.82, 2.24) is 9.80 Å². The van der Waals surface area contributed by atoms with Gasteiger partial charge in [0.25, 0.3) is 0 Å². The highest BCUT2D eigenvalue weighted by atomic mass is 28.4. The molecule has 0 aliphatic carbocycles. The maximum absolute atomic E-state index is 13.0. The fourth-order valence-electron chi connectivity index (χ4n) is 3.10. The summed E-state index contributed by atoms with van der Waals surface area (Å²) in [4.78, 5) is 4.26. The lowest BCUT2D eigenvalue weighted by Gasteiger charge is -2.36. The van der Waals surface area contributed by atoms with Crippen molar-refractivity contribution in [2.45, 2.75) is 76.9 Å². The van der Waals surface area contributed by atoms with Crippen LogP contribution in [0.3, 0.4) is 0 Å². The third-order valence-electron chi connectivity index (χ3n) is 5.95. The van der Waals surface area contributed by atoms with Gasteiger partial charge in [-0.05, 0) is 43.8 Å². The number of aliphatic hydroxyl groups excluding tert-OH is 1. The number of halogens is 2. The van der Waals surface area contributed by atoms with Crippen LogP contribution in [-0.2, 0) is 4.43 Å². The molecule has 0 aromatic carbocycles. The predicted octanol–water partition coefficient (Wildman–Crippen LogP) is 3.85. The minimum absolute atomic E-state index is 0.216. The Morgan fingerprint density at radius 3 is 1.81 bits per heavy atom. The zero-order valence-electron chi connectivity index (χ0n) is 18.1. The maximum Gasteiger partial charge on any atom is 0.191 e. The summed E-state index contributed by atoms with van der Waals surface area (Å²) in [5.74, 6) is 0. The molecular weight excluding hydrogens is 366 g/mol. The van der Waals surface area contributed by atoms with Crippen molar-refractivity contribution in [1.29, 1.82) is 0 Å². The van der Waals surface area contributed by atoms with Crippen molar-refractivity contribution in [3.63, 3.8) is 0 Å². The molecule has 2 atom stereocenters. The minimum atomic E-state index is -1.59. The minimum Gasteiger partial charge on any atom is -0.417 e. The van der Waals surface area contributed by atoms with E-state index in [1.54, 1.807) is 0 Å². The molecule has 0 unspecified atom stereocenters. The van der Waals surface area contributed by atoms with Crippen molar-refractivity contribution < 1.29 is 18.3 Å². The van der Waals surface area contributed by atoms with E-state index < -0.39 is 20.7 Å². The first-order valence-corrected chi connectivity index (χ1v) is 13.4. The van der Waals surface area contributed by atoms with Gasteiger partial charge in [0, 0.05) is 52.5 Å². The fourth-order valence-corrected chi connectivity index (χ4v) is 4.19. The molecule has 2 rings (SSSR count). The molecule has 0 aromatic heterocycles. The van der Waals surface area contributed by atoms with E-state index in [-0.39, 0.29) is 11.6 Å². The summed E-state index contributed by atoms with van der Waals surface area (Å²) in [5.41, 5.74) is 0. The smallest absolute Gasteiger partial charge is 0.191 e. The van der Waals surface area contributed by atoms with Crippen LogP contribution in [0.1, 0.15) is 46.5 Å². The predicted molar refractivity (Wildman–Crippen MR) is 111 cm³/mol. The van der Waals surface area contributed by atoms with Crippen LogP contribution in [0.2, 0.25) is 18.1 Å². The molecule has 2 aliphatic rings. The van der Waals surface area contributed by atoms with Crippen LogP contribution in [0, 0.1) is 0 Å². The Kier molecular flexibility index (Phi) is 10.9. The van der Waals surface area contributed by atoms with Crippen LogP contribution >= 0.6 is 0 Å². The second-order valence-corrected chi connectivity index (χ2v) is 14.2. The molecule has 0 spiro atoms. The Balaban J connectivity index is 0.000000309. The number of nitrogens with zero attached hydrogens (tertiary/aromatic N) is 2. The van der Waals surface area contributed by atoms with E-state index >= 15 is 0 Å². The Hall–Kier alpha value is -0.0831. The van der Waals surface area contributed by atoms with Gasteiger partial charge in [-0.1, -0.05) is 20.8 Å². The number of likely N-dealkylation sites (tertiary alicyclic amines) is 2. The summed E-state index contributed by atoms with van der Waals surface area (Å²) in [6.07, 6.45) is 1.95. The van der Waals surface area contributed by atoms with E-state index in [9.17, 15) is 8.78 Å². The molecule has 2 fully saturated rings. The lowest BCUT2D eigenvalue weighted by molar-refractivity contribution is 0.236. The molecule has 1 N–H and O–H groups in total. The van der Waals surface area contributed by atoms with E-state index in [0.29, 0.717) is 25.9 Å². The zero-order chi connectivity index (χ0) is 20.5. The Morgan fingerprint density at radius 1 is 0.963 bits per heavy atom. The Morgan fingerprint density at radius 2 is 1.44 bits per heavy atom. The van der Waals surface area contributed by atoms with Crippen LogP contribution in [0.15, 0.2) is 0 Å². The number of aliphatic hydroxyl groups is 1. The summed E-state index contributed by atoms with van der Waals surface area (Å²) in [6.45, 7) is 17.2. The second-order valence-electron chi connectivity index (χ2n) is 9.41. The largest absolute Gasteiger partial charge is 0.417 e. The molecule has 0 saturated carbocycles. The first-order valence-electron chi connectivity index (χ1n) is 10.5. The summed E-state index contributed by atoms with van der Waals surface area (Å²) >= 11 is 0. The van der Waals surface area contributed by atoms with Gasteiger partial charge in [0.1, 0.15) is 12.3 Å². The normalized spacial score (nSPS) is 24.9. The molecule has 0 aromatic rings. The van der Waals surface area contributed by atoms with Crippen LogP contribution < -0.4 is 0 Å². The molecule has 0 bridgehead atoms. The molecule has 2 saturated heterocycles. The molecule has 7 heteroatoms. The van der Waals surface area contributed by atoms with E-state index in [0.717, 1.165) is 45.6 Å². The lowest BCUT2D eigenvalue weighted by atomic mass is 10.2. The van der Waals surface area contributed by atoms with Gasteiger partial charge in [0.05, 0.1) is 0 Å². The van der Waals surface area contributed by atoms with Crippen LogP contribution in [-0.4, -0.2) is 88.0 Å². The molecule has 4 nitrogen and oxygen atoms in total. The lowest BCUT2D eigenvalue weighted by Crippen LogP contribution is -2.41. The standard InChI is InChI=1S/C13H28FNOSi.C7H14FNO/c1-13(2,3)17(4,5)16-10-6-8-15-9-7-12(14)11-15;8-7-2-4-9(6-7)3-1-5-10/h12H,6-11H2,1-5H3;7,10H,1-6H2/t12-;7-/m11/s1. The van der Waals surface area contributed by atoms with Gasteiger partial charge in [-0.3, -0.25) is 0 Å². The fraction of sp³-hybridized carbons (Fsp3) is 1.00. The Bertz CT molecular complexity index is 408. The zero-order valence-corrected chi connectivity index (χ0v) is 19.1. The van der Waals surface area contributed by atoms with Gasteiger partial charge >= 0.3 is 0 Å². The van der Waals surface area contributed by atoms with Gasteiger partial charge in [-0.15, -0.1) is 0 Å². The molecular formula is C20H42F2N2O2Si. The monoisotopic (exact) mass is 408 g/mol. The third-order valence-corrected chi connectivity index (χ3v) is 10.5. The molecule has 2 aliphatic heterocycles. The highest BCUT2D eigenvalue weighted by molar-refractivity contribution is 6.74. The van der Waals surface area contributed by atoms with Crippen LogP contribution in [0.25, 0.3) is 0 Å². The van der Waals surface area contributed by atoms with Gasteiger partial charge in [-0.2, -0.15) is 0 Å². The topological polar surface area (TPSA) is 35.9 Å². The molecule has 162 valence electrons. The molecule has 0 radical (unpaired) electrons. The average molecular weight is 409 g/mol. The van der Waals surface area contributed by atoms with E-state index in [4.69, 9.17) is 9.53 Å². The van der Waals surface area contributed by atoms with Crippen LogP contribution in [0.5, 0.6) is 0 Å². The number of alkyl halides is 2. The first-order chi connectivity index (χ1) is 12.5. The van der Waals surface area contributed by atoms with Gasteiger partial charge in [0.2, 0.25) is 0 Å². The average Bonchev–Trinajstić information content (AvgIpc) is 3.17. The highest BCUT2D eigenvalue weighted by Gasteiger charge is 2.36. The van der Waals surface area contributed by atoms with Gasteiger partial charge in [-0.25, -0.2) is 8.78 Å². The van der Waals surface area contributed by atoms with Crippen LogP contribution in [0.4, 0.5) is 8.78 Å². The number of rotatable bonds is 8. The first kappa shape index (κ1) is 25.0. The highest BCUT2D eigenvalue weighted by Crippen LogP contribution is 2.36. The summed E-state index contributed by atoms with van der Waals surface area (Å²) < 4.78 is 31.6. The third kappa shape index (κ3) is 9.79. The van der Waals surface area contributed by atoms with Crippen molar-refractivity contribution in [3.8, 4) is 0 Å². The second kappa shape index (κ2) is 11.8. The van der Waals surface area contributed by atoms with Crippen molar-refractivity contribution in [2.24, 2.45) is 0 Å². The van der Waals surface area contributed by atoms with Gasteiger partial charge in [0.15, 0.2) is 8.32 Å². The summed E-state index contributed by atoms with van der Waals surface area (Å²) in [6, 6.07) is 0. The molecule has 2 heterocycles. The van der Waals surface area contributed by atoms with E-state index in [1.165, 1.54) is 0 Å². The van der Waals surface area contributed by atoms with E-state index in [1.807, 2.05) is 0 Å². The Labute approximate surface area is 166 Å². The number of hydrogen-bond acceptors (Lipinski definition) is 4. The van der Waals surface area contributed by atoms with Crippen molar-refractivity contribution >= 4 is 8.32 Å². The SMILES string of the molecule is CC(C)(C)[Si](C)(C)OCCCN1CC[C@@H](F)C1.OCCCN1CC[C@@H](F)C1. The van der Waals surface area contributed by atoms with E-state index in [2.05, 4.69) is 43.7 Å². The quantitative estimate of drug-likeness (QED) is 0.489. The molecule has 0 amide bonds. The maximum atomic E-state index is 13.0. The van der Waals surface area contributed by atoms with Gasteiger partial charge < -0.3 is 19.3 Å². The number of hydrogen-bond donors (Lipinski definition) is 1. The van der Waals surface area contributed by atoms with Crippen molar-refractivity contribution in [2.75, 3.05) is 52.5 Å².